The first-order chi connectivity index (χ1) is 10.4. The fourth-order valence-electron chi connectivity index (χ4n) is 2.23. The molecular formula is C15H22N4O2S. The third kappa shape index (κ3) is 3.09. The van der Waals surface area contributed by atoms with Gasteiger partial charge in [0.15, 0.2) is 5.65 Å². The first-order valence-electron chi connectivity index (χ1n) is 7.46. The SMILES string of the molecule is CCCSc1nc(CC(C)C)nc2c1c(=O)n(C)c(=O)n2C. The summed E-state index contributed by atoms with van der Waals surface area (Å²) >= 11 is 1.55. The minimum absolute atomic E-state index is 0.326. The average molecular weight is 322 g/mol. The van der Waals surface area contributed by atoms with Crippen molar-refractivity contribution >= 4 is 22.8 Å². The van der Waals surface area contributed by atoms with Gasteiger partial charge in [-0.3, -0.25) is 13.9 Å². The number of rotatable bonds is 5. The first-order valence-corrected chi connectivity index (χ1v) is 8.44. The zero-order valence-corrected chi connectivity index (χ0v) is 14.5. The number of nitrogens with zero attached hydrogens (tertiary/aromatic N) is 4. The van der Waals surface area contributed by atoms with Crippen LogP contribution in [0.5, 0.6) is 0 Å². The third-order valence-corrected chi connectivity index (χ3v) is 4.53. The van der Waals surface area contributed by atoms with Gasteiger partial charge in [-0.1, -0.05) is 20.8 Å². The molecule has 0 fully saturated rings. The van der Waals surface area contributed by atoms with Gasteiger partial charge in [0.1, 0.15) is 16.2 Å². The summed E-state index contributed by atoms with van der Waals surface area (Å²) in [4.78, 5) is 33.6. The number of aryl methyl sites for hydroxylation is 1. The molecule has 0 N–H and O–H groups in total. The number of hydrogen-bond acceptors (Lipinski definition) is 5. The van der Waals surface area contributed by atoms with Crippen LogP contribution in [0.4, 0.5) is 0 Å². The van der Waals surface area contributed by atoms with Crippen molar-refractivity contribution in [1.29, 1.82) is 0 Å². The Morgan fingerprint density at radius 3 is 2.41 bits per heavy atom. The molecule has 0 bridgehead atoms. The Morgan fingerprint density at radius 2 is 1.82 bits per heavy atom. The topological polar surface area (TPSA) is 69.8 Å². The number of fused-ring (bicyclic) bond motifs is 1. The molecule has 0 radical (unpaired) electrons. The highest BCUT2D eigenvalue weighted by Crippen LogP contribution is 2.23. The van der Waals surface area contributed by atoms with Gasteiger partial charge < -0.3 is 0 Å². The second kappa shape index (κ2) is 6.64. The van der Waals surface area contributed by atoms with Crippen molar-refractivity contribution in [2.45, 2.75) is 38.6 Å². The Bertz CT molecular complexity index is 808. The molecule has 0 unspecified atom stereocenters. The lowest BCUT2D eigenvalue weighted by atomic mass is 10.1. The summed E-state index contributed by atoms with van der Waals surface area (Å²) in [7, 11) is 3.13. The fourth-order valence-corrected chi connectivity index (χ4v) is 3.12. The zero-order chi connectivity index (χ0) is 16.4. The van der Waals surface area contributed by atoms with Crippen LogP contribution in [0.3, 0.4) is 0 Å². The first kappa shape index (κ1) is 16.7. The molecule has 0 aliphatic rings. The molecule has 120 valence electrons. The molecule has 0 amide bonds. The minimum atomic E-state index is -0.363. The van der Waals surface area contributed by atoms with Crippen LogP contribution >= 0.6 is 11.8 Å². The Kier molecular flexibility index (Phi) is 5.05. The maximum Gasteiger partial charge on any atom is 0.332 e. The monoisotopic (exact) mass is 322 g/mol. The number of aromatic nitrogens is 4. The number of thioether (sulfide) groups is 1. The lowest BCUT2D eigenvalue weighted by Gasteiger charge is -2.12. The van der Waals surface area contributed by atoms with Crippen molar-refractivity contribution in [3.8, 4) is 0 Å². The summed E-state index contributed by atoms with van der Waals surface area (Å²) in [5, 5.41) is 1.12. The Morgan fingerprint density at radius 1 is 1.14 bits per heavy atom. The fraction of sp³-hybridized carbons (Fsp3) is 0.600. The van der Waals surface area contributed by atoms with E-state index in [4.69, 9.17) is 0 Å². The summed E-state index contributed by atoms with van der Waals surface area (Å²) < 4.78 is 2.54. The molecular weight excluding hydrogens is 300 g/mol. The van der Waals surface area contributed by atoms with E-state index in [1.54, 1.807) is 18.8 Å². The maximum absolute atomic E-state index is 12.5. The van der Waals surface area contributed by atoms with Crippen LogP contribution in [0, 0.1) is 5.92 Å². The van der Waals surface area contributed by atoms with Gasteiger partial charge in [-0.15, -0.1) is 11.8 Å². The molecule has 0 aromatic carbocycles. The summed E-state index contributed by atoms with van der Waals surface area (Å²) in [6, 6.07) is 0. The quantitative estimate of drug-likeness (QED) is 0.619. The van der Waals surface area contributed by atoms with Gasteiger partial charge in [-0.25, -0.2) is 14.8 Å². The molecule has 2 heterocycles. The van der Waals surface area contributed by atoms with Crippen LogP contribution < -0.4 is 11.2 Å². The van der Waals surface area contributed by atoms with E-state index >= 15 is 0 Å². The molecule has 0 atom stereocenters. The molecule has 2 rings (SSSR count). The predicted molar refractivity (Wildman–Crippen MR) is 89.6 cm³/mol. The van der Waals surface area contributed by atoms with Crippen LogP contribution in [0.15, 0.2) is 14.6 Å². The second-order valence-electron chi connectivity index (χ2n) is 5.80. The molecule has 0 aliphatic carbocycles. The van der Waals surface area contributed by atoms with E-state index in [-0.39, 0.29) is 11.2 Å². The van der Waals surface area contributed by atoms with Crippen molar-refractivity contribution in [1.82, 2.24) is 19.1 Å². The molecule has 2 aromatic rings. The van der Waals surface area contributed by atoms with Crippen molar-refractivity contribution in [3.63, 3.8) is 0 Å². The van der Waals surface area contributed by atoms with E-state index in [1.165, 1.54) is 11.6 Å². The van der Waals surface area contributed by atoms with E-state index in [0.717, 1.165) is 23.2 Å². The smallest absolute Gasteiger partial charge is 0.280 e. The van der Waals surface area contributed by atoms with Crippen LogP contribution in [-0.4, -0.2) is 24.9 Å². The molecule has 0 saturated heterocycles. The van der Waals surface area contributed by atoms with Gasteiger partial charge in [-0.05, 0) is 18.1 Å². The van der Waals surface area contributed by atoms with E-state index in [9.17, 15) is 9.59 Å². The third-order valence-electron chi connectivity index (χ3n) is 3.35. The minimum Gasteiger partial charge on any atom is -0.280 e. The molecule has 0 saturated carbocycles. The highest BCUT2D eigenvalue weighted by molar-refractivity contribution is 7.99. The van der Waals surface area contributed by atoms with Gasteiger partial charge in [0.05, 0.1) is 0 Å². The van der Waals surface area contributed by atoms with Crippen molar-refractivity contribution in [2.75, 3.05) is 5.75 Å². The van der Waals surface area contributed by atoms with E-state index in [0.29, 0.717) is 27.8 Å². The summed E-state index contributed by atoms with van der Waals surface area (Å²) in [5.74, 6) is 1.97. The second-order valence-corrected chi connectivity index (χ2v) is 6.88. The van der Waals surface area contributed by atoms with E-state index < -0.39 is 0 Å². The van der Waals surface area contributed by atoms with Crippen molar-refractivity contribution < 1.29 is 0 Å². The molecule has 0 spiro atoms. The lowest BCUT2D eigenvalue weighted by molar-refractivity contribution is 0.613. The van der Waals surface area contributed by atoms with Crippen molar-refractivity contribution in [2.24, 2.45) is 20.0 Å². The van der Waals surface area contributed by atoms with Gasteiger partial charge in [0, 0.05) is 20.5 Å². The van der Waals surface area contributed by atoms with Crippen molar-refractivity contribution in [3.05, 3.63) is 26.7 Å². The molecule has 7 heteroatoms. The molecule has 22 heavy (non-hydrogen) atoms. The van der Waals surface area contributed by atoms with Gasteiger partial charge in [0.2, 0.25) is 0 Å². The summed E-state index contributed by atoms with van der Waals surface area (Å²) in [5.41, 5.74) is -0.261. The van der Waals surface area contributed by atoms with Crippen LogP contribution in [-0.2, 0) is 20.5 Å². The number of hydrogen-bond donors (Lipinski definition) is 0. The molecule has 6 nitrogen and oxygen atoms in total. The summed E-state index contributed by atoms with van der Waals surface area (Å²) in [6.07, 6.45) is 1.71. The van der Waals surface area contributed by atoms with Crippen LogP contribution in [0.25, 0.3) is 11.0 Å². The Labute approximate surface area is 133 Å². The van der Waals surface area contributed by atoms with Crippen LogP contribution in [0.2, 0.25) is 0 Å². The van der Waals surface area contributed by atoms with E-state index in [2.05, 4.69) is 30.7 Å². The molecule has 0 aliphatic heterocycles. The van der Waals surface area contributed by atoms with Gasteiger partial charge >= 0.3 is 5.69 Å². The standard InChI is InChI=1S/C15H22N4O2S/c1-6-7-22-13-11-12(16-10(17-13)8-9(2)3)18(4)15(21)19(5)14(11)20/h9H,6-8H2,1-5H3. The highest BCUT2D eigenvalue weighted by atomic mass is 32.2. The summed E-state index contributed by atoms with van der Waals surface area (Å²) in [6.45, 7) is 6.27. The van der Waals surface area contributed by atoms with Gasteiger partial charge in [-0.2, -0.15) is 0 Å². The van der Waals surface area contributed by atoms with E-state index in [1.807, 2.05) is 0 Å². The lowest BCUT2D eigenvalue weighted by Crippen LogP contribution is -2.38. The average Bonchev–Trinajstić information content (AvgIpc) is 2.47. The van der Waals surface area contributed by atoms with Crippen LogP contribution in [0.1, 0.15) is 33.0 Å². The molecule has 2 aromatic heterocycles. The Balaban J connectivity index is 2.82. The largest absolute Gasteiger partial charge is 0.332 e. The predicted octanol–water partition coefficient (Wildman–Crippen LogP) is 1.73. The normalized spacial score (nSPS) is 11.5. The van der Waals surface area contributed by atoms with Gasteiger partial charge in [0.25, 0.3) is 5.56 Å². The highest BCUT2D eigenvalue weighted by Gasteiger charge is 2.17. The zero-order valence-electron chi connectivity index (χ0n) is 13.7. The maximum atomic E-state index is 12.5. The Hall–Kier alpha value is -1.63.